The molecular weight excluding hydrogens is 336 g/mol. The number of H-pyrrole nitrogens is 1. The monoisotopic (exact) mass is 356 g/mol. The molecule has 26 heavy (non-hydrogen) atoms. The molecule has 1 fully saturated rings. The average Bonchev–Trinajstić information content (AvgIpc) is 2.69. The Kier molecular flexibility index (Phi) is 5.62. The molecule has 8 heteroatoms. The van der Waals surface area contributed by atoms with E-state index in [2.05, 4.69) is 10.2 Å². The summed E-state index contributed by atoms with van der Waals surface area (Å²) in [6, 6.07) is 12.0. The Morgan fingerprint density at radius 1 is 1.00 bits per heavy atom. The summed E-state index contributed by atoms with van der Waals surface area (Å²) in [5, 5.41) is 6.00. The van der Waals surface area contributed by atoms with Gasteiger partial charge in [-0.25, -0.2) is 5.10 Å². The number of piperazine rings is 1. The number of hydrogen-bond acceptors (Lipinski definition) is 5. The molecule has 136 valence electrons. The van der Waals surface area contributed by atoms with E-state index in [1.807, 2.05) is 30.3 Å². The van der Waals surface area contributed by atoms with E-state index in [1.165, 1.54) is 12.1 Å². The Labute approximate surface area is 150 Å². The summed E-state index contributed by atoms with van der Waals surface area (Å²) in [5.74, 6) is 0.500. The first-order chi connectivity index (χ1) is 12.6. The van der Waals surface area contributed by atoms with Crippen molar-refractivity contribution in [2.75, 3.05) is 32.8 Å². The van der Waals surface area contributed by atoms with E-state index in [9.17, 15) is 14.4 Å². The quantitative estimate of drug-likeness (QED) is 0.843. The van der Waals surface area contributed by atoms with E-state index < -0.39 is 0 Å². The summed E-state index contributed by atoms with van der Waals surface area (Å²) in [6.07, 6.45) is 0.296. The van der Waals surface area contributed by atoms with Crippen molar-refractivity contribution in [3.8, 4) is 5.75 Å². The average molecular weight is 356 g/mol. The zero-order chi connectivity index (χ0) is 18.4. The van der Waals surface area contributed by atoms with Gasteiger partial charge >= 0.3 is 0 Å². The zero-order valence-electron chi connectivity index (χ0n) is 14.3. The summed E-state index contributed by atoms with van der Waals surface area (Å²) in [7, 11) is 0. The van der Waals surface area contributed by atoms with Gasteiger partial charge in [-0.1, -0.05) is 18.2 Å². The lowest BCUT2D eigenvalue weighted by Gasteiger charge is -2.34. The number of aromatic amines is 1. The van der Waals surface area contributed by atoms with Crippen molar-refractivity contribution in [2.24, 2.45) is 0 Å². The molecule has 2 heterocycles. The predicted molar refractivity (Wildman–Crippen MR) is 93.9 cm³/mol. The molecule has 3 rings (SSSR count). The molecule has 0 spiro atoms. The Morgan fingerprint density at radius 3 is 2.35 bits per heavy atom. The molecule has 0 aliphatic carbocycles. The topological polar surface area (TPSA) is 95.6 Å². The third kappa shape index (κ3) is 4.47. The number of aromatic nitrogens is 2. The van der Waals surface area contributed by atoms with E-state index in [-0.39, 0.29) is 23.1 Å². The second-order valence-electron chi connectivity index (χ2n) is 5.89. The van der Waals surface area contributed by atoms with Crippen LogP contribution < -0.4 is 10.3 Å². The SMILES string of the molecule is O=C(CCOc1ccccc1)N1CCN(C(=O)c2ccc(=O)[nH]n2)CC1. The second kappa shape index (κ2) is 8.28. The van der Waals surface area contributed by atoms with Crippen molar-refractivity contribution >= 4 is 11.8 Å². The molecule has 1 aromatic carbocycles. The van der Waals surface area contributed by atoms with Crippen LogP contribution in [0.4, 0.5) is 0 Å². The van der Waals surface area contributed by atoms with Crippen LogP contribution in [-0.4, -0.2) is 64.6 Å². The minimum atomic E-state index is -0.352. The third-order valence-corrected chi connectivity index (χ3v) is 4.15. The Morgan fingerprint density at radius 2 is 1.69 bits per heavy atom. The van der Waals surface area contributed by atoms with E-state index in [0.29, 0.717) is 39.2 Å². The highest BCUT2D eigenvalue weighted by atomic mass is 16.5. The Hall–Kier alpha value is -3.16. The lowest BCUT2D eigenvalue weighted by molar-refractivity contribution is -0.133. The molecule has 1 saturated heterocycles. The van der Waals surface area contributed by atoms with E-state index in [4.69, 9.17) is 4.74 Å². The van der Waals surface area contributed by atoms with Gasteiger partial charge in [0.1, 0.15) is 11.4 Å². The van der Waals surface area contributed by atoms with Crippen LogP contribution in [0.15, 0.2) is 47.3 Å². The molecule has 0 radical (unpaired) electrons. The minimum Gasteiger partial charge on any atom is -0.493 e. The molecule has 0 atom stereocenters. The number of carbonyl (C=O) groups is 2. The molecule has 1 aliphatic heterocycles. The van der Waals surface area contributed by atoms with E-state index in [0.717, 1.165) is 5.75 Å². The maximum Gasteiger partial charge on any atom is 0.274 e. The fourth-order valence-electron chi connectivity index (χ4n) is 2.72. The van der Waals surface area contributed by atoms with E-state index >= 15 is 0 Å². The standard InChI is InChI=1S/C18H20N4O4/c23-16-7-6-15(19-20-16)18(25)22-11-9-21(10-12-22)17(24)8-13-26-14-4-2-1-3-5-14/h1-7H,8-13H2,(H,20,23). The maximum absolute atomic E-state index is 12.3. The zero-order valence-corrected chi connectivity index (χ0v) is 14.3. The molecule has 1 N–H and O–H groups in total. The molecule has 0 unspecified atom stereocenters. The molecule has 0 saturated carbocycles. The van der Waals surface area contributed by atoms with Crippen molar-refractivity contribution in [1.29, 1.82) is 0 Å². The Bertz CT molecular complexity index is 793. The number of para-hydroxylation sites is 1. The second-order valence-corrected chi connectivity index (χ2v) is 5.89. The summed E-state index contributed by atoms with van der Waals surface area (Å²) in [4.78, 5) is 39.0. The number of nitrogens with zero attached hydrogens (tertiary/aromatic N) is 3. The number of benzene rings is 1. The first-order valence-corrected chi connectivity index (χ1v) is 8.44. The van der Waals surface area contributed by atoms with Crippen LogP contribution in [0.1, 0.15) is 16.9 Å². The first kappa shape index (κ1) is 17.7. The number of carbonyl (C=O) groups excluding carboxylic acids is 2. The van der Waals surface area contributed by atoms with Gasteiger partial charge in [0.05, 0.1) is 13.0 Å². The summed E-state index contributed by atoms with van der Waals surface area (Å²) in [6.45, 7) is 2.14. The van der Waals surface area contributed by atoms with Gasteiger partial charge in [0.2, 0.25) is 5.91 Å². The number of nitrogens with one attached hydrogen (secondary N) is 1. The van der Waals surface area contributed by atoms with Crippen molar-refractivity contribution in [2.45, 2.75) is 6.42 Å². The van der Waals surface area contributed by atoms with Crippen molar-refractivity contribution in [3.63, 3.8) is 0 Å². The molecule has 1 aliphatic rings. The molecule has 8 nitrogen and oxygen atoms in total. The van der Waals surface area contributed by atoms with Crippen LogP contribution in [0, 0.1) is 0 Å². The van der Waals surface area contributed by atoms with Crippen LogP contribution in [0.2, 0.25) is 0 Å². The van der Waals surface area contributed by atoms with Gasteiger partial charge in [-0.05, 0) is 18.2 Å². The number of ether oxygens (including phenoxy) is 1. The normalized spacial score (nSPS) is 14.2. The minimum absolute atomic E-state index is 0.00944. The van der Waals surface area contributed by atoms with Gasteiger partial charge in [0.25, 0.3) is 11.5 Å². The first-order valence-electron chi connectivity index (χ1n) is 8.44. The summed E-state index contributed by atoms with van der Waals surface area (Å²) >= 11 is 0. The number of hydrogen-bond donors (Lipinski definition) is 1. The highest BCUT2D eigenvalue weighted by Gasteiger charge is 2.25. The lowest BCUT2D eigenvalue weighted by Crippen LogP contribution is -2.51. The Balaban J connectivity index is 1.44. The molecule has 1 aromatic heterocycles. The fraction of sp³-hybridized carbons (Fsp3) is 0.333. The van der Waals surface area contributed by atoms with Crippen molar-refractivity contribution in [1.82, 2.24) is 20.0 Å². The van der Waals surface area contributed by atoms with Crippen LogP contribution in [0.25, 0.3) is 0 Å². The van der Waals surface area contributed by atoms with Crippen molar-refractivity contribution < 1.29 is 14.3 Å². The number of rotatable bonds is 5. The molecule has 2 aromatic rings. The lowest BCUT2D eigenvalue weighted by atomic mass is 10.2. The fourth-order valence-corrected chi connectivity index (χ4v) is 2.72. The van der Waals surface area contributed by atoms with Crippen LogP contribution in [0.3, 0.4) is 0 Å². The molecular formula is C18H20N4O4. The van der Waals surface area contributed by atoms with Crippen LogP contribution in [-0.2, 0) is 4.79 Å². The van der Waals surface area contributed by atoms with Gasteiger partial charge in [0, 0.05) is 32.2 Å². The van der Waals surface area contributed by atoms with Crippen LogP contribution >= 0.6 is 0 Å². The summed E-state index contributed by atoms with van der Waals surface area (Å²) < 4.78 is 5.55. The maximum atomic E-state index is 12.3. The van der Waals surface area contributed by atoms with Gasteiger partial charge in [-0.15, -0.1) is 0 Å². The smallest absolute Gasteiger partial charge is 0.274 e. The largest absolute Gasteiger partial charge is 0.493 e. The molecule has 2 amide bonds. The van der Waals surface area contributed by atoms with Gasteiger partial charge in [-0.3, -0.25) is 14.4 Å². The van der Waals surface area contributed by atoms with Gasteiger partial charge in [-0.2, -0.15) is 5.10 Å². The highest BCUT2D eigenvalue weighted by Crippen LogP contribution is 2.10. The van der Waals surface area contributed by atoms with Gasteiger partial charge < -0.3 is 14.5 Å². The van der Waals surface area contributed by atoms with Crippen LogP contribution in [0.5, 0.6) is 5.75 Å². The van der Waals surface area contributed by atoms with Gasteiger partial charge in [0.15, 0.2) is 0 Å². The summed E-state index contributed by atoms with van der Waals surface area (Å²) in [5.41, 5.74) is -0.157. The third-order valence-electron chi connectivity index (χ3n) is 4.15. The number of amides is 2. The molecule has 0 bridgehead atoms. The van der Waals surface area contributed by atoms with E-state index in [1.54, 1.807) is 9.80 Å². The predicted octanol–water partition coefficient (Wildman–Crippen LogP) is 0.523. The van der Waals surface area contributed by atoms with Crippen molar-refractivity contribution in [3.05, 3.63) is 58.5 Å². The highest BCUT2D eigenvalue weighted by molar-refractivity contribution is 5.92.